The van der Waals surface area contributed by atoms with Gasteiger partial charge in [0.1, 0.15) is 0 Å². The highest BCUT2D eigenvalue weighted by molar-refractivity contribution is 6.17. The normalized spacial score (nSPS) is 10.5. The molecule has 0 spiro atoms. The monoisotopic (exact) mass is 258 g/mol. The minimum absolute atomic E-state index is 0.605. The lowest BCUT2D eigenvalue weighted by molar-refractivity contribution is 0.734. The smallest absolute Gasteiger partial charge is 0.0474 e. The Labute approximate surface area is 115 Å². The molecule has 2 rings (SSSR count). The molecule has 0 heterocycles. The van der Waals surface area contributed by atoms with Crippen LogP contribution in [-0.4, -0.2) is 0 Å². The van der Waals surface area contributed by atoms with E-state index in [1.54, 1.807) is 0 Å². The van der Waals surface area contributed by atoms with Gasteiger partial charge in [-0.2, -0.15) is 0 Å². The molecule has 0 atom stereocenters. The Morgan fingerprint density at radius 1 is 0.611 bits per heavy atom. The molecule has 0 nitrogen and oxygen atoms in total. The first-order chi connectivity index (χ1) is 8.88. The molecule has 0 fully saturated rings. The quantitative estimate of drug-likeness (QED) is 0.506. The summed E-state index contributed by atoms with van der Waals surface area (Å²) in [5, 5.41) is 0. The van der Waals surface area contributed by atoms with Gasteiger partial charge in [-0.05, 0) is 42.4 Å². The van der Waals surface area contributed by atoms with Crippen LogP contribution in [0.2, 0.25) is 0 Å². The Kier molecular flexibility index (Phi) is 5.29. The number of benzene rings is 2. The molecule has 0 unspecified atom stereocenters. The number of hydrogen-bond donors (Lipinski definition) is 0. The predicted octanol–water partition coefficient (Wildman–Crippen LogP) is 4.99. The summed E-state index contributed by atoms with van der Waals surface area (Å²) in [4.78, 5) is 0. The topological polar surface area (TPSA) is 0 Å². The van der Waals surface area contributed by atoms with Crippen LogP contribution in [0, 0.1) is 0 Å². The van der Waals surface area contributed by atoms with E-state index in [1.807, 2.05) is 0 Å². The number of hydrogen-bond acceptors (Lipinski definition) is 0. The molecule has 0 bridgehead atoms. The lowest BCUT2D eigenvalue weighted by Crippen LogP contribution is -1.89. The fourth-order valence-electron chi connectivity index (χ4n) is 2.10. The standard InChI is InChI=1S/C17H19Cl/c18-14-17-12-10-16(11-13-17)9-5-4-8-15-6-2-1-3-7-15/h1-3,6-7,10-13H,4-5,8-9,14H2. The molecule has 0 saturated heterocycles. The fourth-order valence-corrected chi connectivity index (χ4v) is 2.28. The lowest BCUT2D eigenvalue weighted by atomic mass is 10.0. The summed E-state index contributed by atoms with van der Waals surface area (Å²) in [6, 6.07) is 19.3. The zero-order valence-electron chi connectivity index (χ0n) is 10.6. The first-order valence-corrected chi connectivity index (χ1v) is 7.09. The first kappa shape index (κ1) is 13.2. The van der Waals surface area contributed by atoms with E-state index in [2.05, 4.69) is 54.6 Å². The average molecular weight is 259 g/mol. The zero-order chi connectivity index (χ0) is 12.6. The van der Waals surface area contributed by atoms with Crippen molar-refractivity contribution >= 4 is 11.6 Å². The van der Waals surface area contributed by atoms with Gasteiger partial charge in [-0.25, -0.2) is 0 Å². The van der Waals surface area contributed by atoms with Crippen LogP contribution in [0.3, 0.4) is 0 Å². The van der Waals surface area contributed by atoms with Crippen LogP contribution in [-0.2, 0) is 18.7 Å². The van der Waals surface area contributed by atoms with Crippen LogP contribution in [0.15, 0.2) is 54.6 Å². The minimum Gasteiger partial charge on any atom is -0.122 e. The van der Waals surface area contributed by atoms with Crippen molar-refractivity contribution in [1.29, 1.82) is 0 Å². The van der Waals surface area contributed by atoms with E-state index in [4.69, 9.17) is 11.6 Å². The van der Waals surface area contributed by atoms with Gasteiger partial charge < -0.3 is 0 Å². The second kappa shape index (κ2) is 7.23. The number of alkyl halides is 1. The summed E-state index contributed by atoms with van der Waals surface area (Å²) in [7, 11) is 0. The molecule has 0 aliphatic heterocycles. The summed E-state index contributed by atoms with van der Waals surface area (Å²) < 4.78 is 0. The number of aryl methyl sites for hydroxylation is 2. The van der Waals surface area contributed by atoms with E-state index in [9.17, 15) is 0 Å². The van der Waals surface area contributed by atoms with Crippen LogP contribution in [0.1, 0.15) is 29.5 Å². The van der Waals surface area contributed by atoms with Gasteiger partial charge >= 0.3 is 0 Å². The molecule has 0 aliphatic carbocycles. The third kappa shape index (κ3) is 4.19. The molecular formula is C17H19Cl. The van der Waals surface area contributed by atoms with Gasteiger partial charge in [0.2, 0.25) is 0 Å². The van der Waals surface area contributed by atoms with E-state index in [-0.39, 0.29) is 0 Å². The molecule has 2 aromatic carbocycles. The van der Waals surface area contributed by atoms with Crippen molar-refractivity contribution in [3.63, 3.8) is 0 Å². The summed E-state index contributed by atoms with van der Waals surface area (Å²) in [5.41, 5.74) is 4.05. The van der Waals surface area contributed by atoms with E-state index in [1.165, 1.54) is 36.0 Å². The number of rotatable bonds is 6. The largest absolute Gasteiger partial charge is 0.122 e. The van der Waals surface area contributed by atoms with E-state index in [0.29, 0.717) is 5.88 Å². The summed E-state index contributed by atoms with van der Waals surface area (Å²) in [5.74, 6) is 0.605. The molecule has 94 valence electrons. The fraction of sp³-hybridized carbons (Fsp3) is 0.294. The number of unbranched alkanes of at least 4 members (excludes halogenated alkanes) is 1. The zero-order valence-corrected chi connectivity index (χ0v) is 11.4. The molecular weight excluding hydrogens is 240 g/mol. The molecule has 1 heteroatoms. The third-order valence-electron chi connectivity index (χ3n) is 3.20. The second-order valence-corrected chi connectivity index (χ2v) is 4.91. The van der Waals surface area contributed by atoms with Crippen LogP contribution < -0.4 is 0 Å². The Morgan fingerprint density at radius 2 is 1.11 bits per heavy atom. The van der Waals surface area contributed by atoms with Gasteiger partial charge in [0.15, 0.2) is 0 Å². The van der Waals surface area contributed by atoms with E-state index < -0.39 is 0 Å². The van der Waals surface area contributed by atoms with Gasteiger partial charge in [-0.15, -0.1) is 11.6 Å². The molecule has 0 aliphatic rings. The Bertz CT molecular complexity index is 445. The van der Waals surface area contributed by atoms with Gasteiger partial charge in [0.25, 0.3) is 0 Å². The first-order valence-electron chi connectivity index (χ1n) is 6.56. The average Bonchev–Trinajstić information content (AvgIpc) is 2.45. The van der Waals surface area contributed by atoms with Crippen LogP contribution in [0.4, 0.5) is 0 Å². The Morgan fingerprint density at radius 3 is 1.67 bits per heavy atom. The molecule has 18 heavy (non-hydrogen) atoms. The van der Waals surface area contributed by atoms with Crippen molar-refractivity contribution in [3.8, 4) is 0 Å². The maximum atomic E-state index is 5.77. The molecule has 0 saturated carbocycles. The maximum Gasteiger partial charge on any atom is 0.0474 e. The molecule has 0 radical (unpaired) electrons. The Balaban J connectivity index is 1.72. The maximum absolute atomic E-state index is 5.77. The van der Waals surface area contributed by atoms with Crippen molar-refractivity contribution in [3.05, 3.63) is 71.3 Å². The van der Waals surface area contributed by atoms with Crippen LogP contribution in [0.5, 0.6) is 0 Å². The summed E-state index contributed by atoms with van der Waals surface area (Å²) in [6.07, 6.45) is 4.84. The van der Waals surface area contributed by atoms with Gasteiger partial charge in [-0.3, -0.25) is 0 Å². The third-order valence-corrected chi connectivity index (χ3v) is 3.51. The van der Waals surface area contributed by atoms with Crippen molar-refractivity contribution in [2.45, 2.75) is 31.6 Å². The van der Waals surface area contributed by atoms with Gasteiger partial charge in [0, 0.05) is 5.88 Å². The second-order valence-electron chi connectivity index (χ2n) is 4.64. The van der Waals surface area contributed by atoms with Crippen molar-refractivity contribution < 1.29 is 0 Å². The SMILES string of the molecule is ClCc1ccc(CCCCc2ccccc2)cc1. The lowest BCUT2D eigenvalue weighted by Gasteiger charge is -2.03. The predicted molar refractivity (Wildman–Crippen MR) is 79.1 cm³/mol. The van der Waals surface area contributed by atoms with Crippen molar-refractivity contribution in [2.24, 2.45) is 0 Å². The van der Waals surface area contributed by atoms with Gasteiger partial charge in [-0.1, -0.05) is 54.6 Å². The van der Waals surface area contributed by atoms with Crippen LogP contribution in [0.25, 0.3) is 0 Å². The van der Waals surface area contributed by atoms with Crippen molar-refractivity contribution in [2.75, 3.05) is 0 Å². The van der Waals surface area contributed by atoms with E-state index in [0.717, 1.165) is 6.42 Å². The Hall–Kier alpha value is -1.27. The number of halogens is 1. The van der Waals surface area contributed by atoms with Crippen LogP contribution >= 0.6 is 11.6 Å². The van der Waals surface area contributed by atoms with E-state index >= 15 is 0 Å². The van der Waals surface area contributed by atoms with Gasteiger partial charge in [0.05, 0.1) is 0 Å². The minimum atomic E-state index is 0.605. The summed E-state index contributed by atoms with van der Waals surface area (Å²) in [6.45, 7) is 0. The molecule has 0 amide bonds. The molecule has 0 aromatic heterocycles. The molecule has 2 aromatic rings. The van der Waals surface area contributed by atoms with Crippen molar-refractivity contribution in [1.82, 2.24) is 0 Å². The highest BCUT2D eigenvalue weighted by Crippen LogP contribution is 2.11. The highest BCUT2D eigenvalue weighted by Gasteiger charge is 1.96. The summed E-state index contributed by atoms with van der Waals surface area (Å²) >= 11 is 5.77. The highest BCUT2D eigenvalue weighted by atomic mass is 35.5. The molecule has 0 N–H and O–H groups in total.